The average molecular weight is 206 g/mol. The second kappa shape index (κ2) is 4.04. The maximum Gasteiger partial charge on any atom is 0.126 e. The normalized spacial score (nSPS) is 23.7. The lowest BCUT2D eigenvalue weighted by Gasteiger charge is -2.25. The van der Waals surface area contributed by atoms with Crippen molar-refractivity contribution in [3.05, 3.63) is 35.4 Å². The summed E-state index contributed by atoms with van der Waals surface area (Å²) in [6.07, 6.45) is 2.87. The number of hydrogen-bond acceptors (Lipinski definition) is 3. The fraction of sp³-hybridized carbons (Fsp3) is 0.333. The van der Waals surface area contributed by atoms with E-state index >= 15 is 0 Å². The van der Waals surface area contributed by atoms with Crippen molar-refractivity contribution in [2.45, 2.75) is 12.2 Å². The van der Waals surface area contributed by atoms with Gasteiger partial charge in [0.2, 0.25) is 0 Å². The van der Waals surface area contributed by atoms with Crippen molar-refractivity contribution in [3.63, 3.8) is 0 Å². The molecule has 0 aliphatic heterocycles. The summed E-state index contributed by atoms with van der Waals surface area (Å²) in [4.78, 5) is 0. The van der Waals surface area contributed by atoms with Crippen LogP contribution in [-0.4, -0.2) is 25.4 Å². The van der Waals surface area contributed by atoms with Gasteiger partial charge in [-0.1, -0.05) is 24.3 Å². The molecular formula is C12H14O3. The lowest BCUT2D eigenvalue weighted by Crippen LogP contribution is -2.22. The Balaban J connectivity index is 2.48. The highest BCUT2D eigenvalue weighted by Crippen LogP contribution is 2.34. The van der Waals surface area contributed by atoms with Gasteiger partial charge in [0.15, 0.2) is 0 Å². The van der Waals surface area contributed by atoms with Gasteiger partial charge in [-0.15, -0.1) is 0 Å². The van der Waals surface area contributed by atoms with Gasteiger partial charge in [-0.25, -0.2) is 0 Å². The molecule has 0 spiro atoms. The van der Waals surface area contributed by atoms with Gasteiger partial charge >= 0.3 is 0 Å². The van der Waals surface area contributed by atoms with Crippen molar-refractivity contribution in [2.24, 2.45) is 0 Å². The van der Waals surface area contributed by atoms with Crippen molar-refractivity contribution in [2.75, 3.05) is 14.2 Å². The van der Waals surface area contributed by atoms with Crippen LogP contribution in [0.15, 0.2) is 24.3 Å². The Morgan fingerprint density at radius 1 is 1.27 bits per heavy atom. The van der Waals surface area contributed by atoms with E-state index in [-0.39, 0.29) is 6.10 Å². The molecular weight excluding hydrogens is 192 g/mol. The first-order valence-electron chi connectivity index (χ1n) is 4.84. The first-order chi connectivity index (χ1) is 7.27. The summed E-state index contributed by atoms with van der Waals surface area (Å²) in [6, 6.07) is 5.63. The molecule has 2 atom stereocenters. The van der Waals surface area contributed by atoms with Crippen molar-refractivity contribution < 1.29 is 14.6 Å². The van der Waals surface area contributed by atoms with Crippen LogP contribution < -0.4 is 4.74 Å². The van der Waals surface area contributed by atoms with Crippen LogP contribution in [0.25, 0.3) is 6.08 Å². The van der Waals surface area contributed by atoms with Crippen molar-refractivity contribution in [1.29, 1.82) is 0 Å². The first kappa shape index (κ1) is 10.2. The van der Waals surface area contributed by atoms with E-state index in [4.69, 9.17) is 9.47 Å². The highest BCUT2D eigenvalue weighted by Gasteiger charge is 2.25. The minimum Gasteiger partial charge on any atom is -0.496 e. The maximum atomic E-state index is 10.0. The van der Waals surface area contributed by atoms with E-state index in [2.05, 4.69) is 0 Å². The summed E-state index contributed by atoms with van der Waals surface area (Å²) in [5.74, 6) is 0.775. The van der Waals surface area contributed by atoms with E-state index in [0.29, 0.717) is 0 Å². The molecule has 0 saturated carbocycles. The fourth-order valence-electron chi connectivity index (χ4n) is 1.86. The summed E-state index contributed by atoms with van der Waals surface area (Å²) >= 11 is 0. The van der Waals surface area contributed by atoms with Gasteiger partial charge in [0.05, 0.1) is 7.11 Å². The van der Waals surface area contributed by atoms with Crippen molar-refractivity contribution in [1.82, 2.24) is 0 Å². The number of aliphatic hydroxyl groups is 1. The molecule has 1 aliphatic rings. The summed E-state index contributed by atoms with van der Waals surface area (Å²) in [5, 5.41) is 10.0. The first-order valence-corrected chi connectivity index (χ1v) is 4.84. The molecule has 1 aromatic carbocycles. The van der Waals surface area contributed by atoms with Crippen LogP contribution >= 0.6 is 0 Å². The minimum absolute atomic E-state index is 0.274. The Morgan fingerprint density at radius 2 is 2.07 bits per heavy atom. The lowest BCUT2D eigenvalue weighted by atomic mass is 9.92. The Morgan fingerprint density at radius 3 is 2.73 bits per heavy atom. The number of methoxy groups -OCH3 is 2. The number of fused-ring (bicyclic) bond motifs is 1. The third-order valence-electron chi connectivity index (χ3n) is 2.67. The van der Waals surface area contributed by atoms with Crippen molar-refractivity contribution >= 4 is 6.08 Å². The van der Waals surface area contributed by atoms with Gasteiger partial charge < -0.3 is 14.6 Å². The molecule has 3 heteroatoms. The Labute approximate surface area is 88.9 Å². The molecule has 0 bridgehead atoms. The smallest absolute Gasteiger partial charge is 0.126 e. The highest BCUT2D eigenvalue weighted by atomic mass is 16.5. The van der Waals surface area contributed by atoms with E-state index in [1.165, 1.54) is 0 Å². The van der Waals surface area contributed by atoms with Crippen molar-refractivity contribution in [3.8, 4) is 5.75 Å². The molecule has 2 rings (SSSR count). The number of hydrogen-bond donors (Lipinski definition) is 1. The van der Waals surface area contributed by atoms with E-state index in [1.807, 2.05) is 30.4 Å². The van der Waals surface area contributed by atoms with Gasteiger partial charge in [0.25, 0.3) is 0 Å². The zero-order valence-electron chi connectivity index (χ0n) is 8.81. The second-order valence-electron chi connectivity index (χ2n) is 3.47. The molecule has 0 unspecified atom stereocenters. The number of ether oxygens (including phenoxy) is 2. The Kier molecular flexibility index (Phi) is 2.75. The molecule has 15 heavy (non-hydrogen) atoms. The van der Waals surface area contributed by atoms with Crippen LogP contribution in [0.3, 0.4) is 0 Å². The summed E-state index contributed by atoms with van der Waals surface area (Å²) in [7, 11) is 3.21. The molecule has 0 amide bonds. The van der Waals surface area contributed by atoms with Crippen LogP contribution in [0.4, 0.5) is 0 Å². The molecule has 0 saturated heterocycles. The largest absolute Gasteiger partial charge is 0.496 e. The van der Waals surface area contributed by atoms with Gasteiger partial charge in [-0.05, 0) is 11.6 Å². The molecule has 3 nitrogen and oxygen atoms in total. The Hall–Kier alpha value is -1.32. The maximum absolute atomic E-state index is 10.0. The van der Waals surface area contributed by atoms with Gasteiger partial charge in [-0.3, -0.25) is 0 Å². The van der Waals surface area contributed by atoms with Gasteiger partial charge in [-0.2, -0.15) is 0 Å². The molecule has 0 fully saturated rings. The topological polar surface area (TPSA) is 38.7 Å². The Bertz CT molecular complexity index is 384. The molecule has 80 valence electrons. The SMILES string of the molecule is COc1cccc2c1C=C[C@@H](OC)[C@@H]2O. The zero-order valence-corrected chi connectivity index (χ0v) is 8.81. The molecule has 0 heterocycles. The van der Waals surface area contributed by atoms with Crippen LogP contribution in [0.1, 0.15) is 17.2 Å². The second-order valence-corrected chi connectivity index (χ2v) is 3.47. The predicted octanol–water partition coefficient (Wildman–Crippen LogP) is 1.77. The van der Waals surface area contributed by atoms with E-state index in [9.17, 15) is 5.11 Å². The molecule has 1 aromatic rings. The summed E-state index contributed by atoms with van der Waals surface area (Å²) in [6.45, 7) is 0. The van der Waals surface area contributed by atoms with E-state index in [0.717, 1.165) is 16.9 Å². The standard InChI is InChI=1S/C12H14O3/c1-14-10-5-3-4-9-8(10)6-7-11(15-2)12(9)13/h3-7,11-13H,1-2H3/t11-,12-/m1/s1. The van der Waals surface area contributed by atoms with E-state index in [1.54, 1.807) is 14.2 Å². The van der Waals surface area contributed by atoms with Crippen LogP contribution in [0.5, 0.6) is 5.75 Å². The summed E-state index contributed by atoms with van der Waals surface area (Å²) < 4.78 is 10.4. The summed E-state index contributed by atoms with van der Waals surface area (Å²) in [5.41, 5.74) is 1.78. The molecule has 0 radical (unpaired) electrons. The third-order valence-corrected chi connectivity index (χ3v) is 2.67. The minimum atomic E-state index is -0.620. The highest BCUT2D eigenvalue weighted by molar-refractivity contribution is 5.64. The monoisotopic (exact) mass is 206 g/mol. The zero-order chi connectivity index (χ0) is 10.8. The molecule has 1 aliphatic carbocycles. The van der Waals surface area contributed by atoms with E-state index < -0.39 is 6.10 Å². The van der Waals surface area contributed by atoms with Crippen LogP contribution in [0, 0.1) is 0 Å². The quantitative estimate of drug-likeness (QED) is 0.801. The average Bonchev–Trinajstić information content (AvgIpc) is 2.29. The predicted molar refractivity (Wildman–Crippen MR) is 57.8 cm³/mol. The third kappa shape index (κ3) is 1.64. The molecule has 1 N–H and O–H groups in total. The number of aliphatic hydroxyl groups excluding tert-OH is 1. The van der Waals surface area contributed by atoms with Crippen LogP contribution in [0.2, 0.25) is 0 Å². The lowest BCUT2D eigenvalue weighted by molar-refractivity contribution is 0.0148. The van der Waals surface area contributed by atoms with Crippen LogP contribution in [-0.2, 0) is 4.74 Å². The van der Waals surface area contributed by atoms with Gasteiger partial charge in [0.1, 0.15) is 18.0 Å². The van der Waals surface area contributed by atoms with Gasteiger partial charge in [0, 0.05) is 12.7 Å². The molecule has 0 aromatic heterocycles. The number of benzene rings is 1. The number of rotatable bonds is 2. The fourth-order valence-corrected chi connectivity index (χ4v) is 1.86.